The highest BCUT2D eigenvalue weighted by atomic mass is 32.2. The summed E-state index contributed by atoms with van der Waals surface area (Å²) in [5.74, 6) is 0. The van der Waals surface area contributed by atoms with Crippen molar-refractivity contribution < 1.29 is 8.42 Å². The number of hydrogen-bond donors (Lipinski definition) is 1. The standard InChI is InChI=1S/C18H30N2O2S/c1-3-4-5-6-7-8-9-10-11-16-19-20-23(21,22)18-14-12-17(2)13-15-18/h12-16,20H,3-11H2,1-2H3/b19-16+. The minimum atomic E-state index is -3.54. The molecular formula is C18H30N2O2S. The maximum absolute atomic E-state index is 12.0. The molecule has 0 atom stereocenters. The van der Waals surface area contributed by atoms with Crippen LogP contribution in [-0.2, 0) is 10.0 Å². The molecule has 130 valence electrons. The van der Waals surface area contributed by atoms with Gasteiger partial charge in [-0.05, 0) is 31.9 Å². The van der Waals surface area contributed by atoms with Gasteiger partial charge in [-0.3, -0.25) is 0 Å². The van der Waals surface area contributed by atoms with Crippen molar-refractivity contribution in [1.82, 2.24) is 4.83 Å². The maximum Gasteiger partial charge on any atom is 0.276 e. The van der Waals surface area contributed by atoms with E-state index in [9.17, 15) is 8.42 Å². The molecule has 5 heteroatoms. The molecule has 23 heavy (non-hydrogen) atoms. The number of rotatable bonds is 12. The van der Waals surface area contributed by atoms with Crippen LogP contribution in [0.1, 0.15) is 70.3 Å². The first kappa shape index (κ1) is 19.7. The molecule has 0 saturated carbocycles. The average molecular weight is 339 g/mol. The minimum Gasteiger partial charge on any atom is -0.200 e. The third kappa shape index (κ3) is 8.74. The van der Waals surface area contributed by atoms with Gasteiger partial charge in [0.15, 0.2) is 0 Å². The Balaban J connectivity index is 2.15. The summed E-state index contributed by atoms with van der Waals surface area (Å²) in [5.41, 5.74) is 1.03. The van der Waals surface area contributed by atoms with E-state index < -0.39 is 10.0 Å². The fourth-order valence-electron chi connectivity index (χ4n) is 2.31. The quantitative estimate of drug-likeness (QED) is 0.338. The van der Waals surface area contributed by atoms with E-state index in [0.29, 0.717) is 0 Å². The van der Waals surface area contributed by atoms with Crippen LogP contribution in [0.2, 0.25) is 0 Å². The molecule has 0 saturated heterocycles. The van der Waals surface area contributed by atoms with Crippen LogP contribution in [0.3, 0.4) is 0 Å². The number of hydrazone groups is 1. The van der Waals surface area contributed by atoms with Gasteiger partial charge in [-0.2, -0.15) is 13.5 Å². The summed E-state index contributed by atoms with van der Waals surface area (Å²) in [5, 5.41) is 3.84. The number of sulfonamides is 1. The third-order valence-electron chi connectivity index (χ3n) is 3.78. The Morgan fingerprint density at radius 1 is 0.957 bits per heavy atom. The summed E-state index contributed by atoms with van der Waals surface area (Å²) in [4.78, 5) is 2.50. The second-order valence-electron chi connectivity index (χ2n) is 5.98. The van der Waals surface area contributed by atoms with Crippen molar-refractivity contribution in [2.75, 3.05) is 0 Å². The van der Waals surface area contributed by atoms with Crippen molar-refractivity contribution in [3.8, 4) is 0 Å². The maximum atomic E-state index is 12.0. The molecule has 1 aromatic carbocycles. The molecule has 0 aliphatic carbocycles. The van der Waals surface area contributed by atoms with E-state index in [2.05, 4.69) is 16.9 Å². The van der Waals surface area contributed by atoms with Gasteiger partial charge in [0.05, 0.1) is 4.90 Å². The molecule has 0 aromatic heterocycles. The van der Waals surface area contributed by atoms with Crippen LogP contribution >= 0.6 is 0 Å². The second kappa shape index (κ2) is 11.2. The van der Waals surface area contributed by atoms with Crippen LogP contribution < -0.4 is 4.83 Å². The van der Waals surface area contributed by atoms with Crippen molar-refractivity contribution in [3.05, 3.63) is 29.8 Å². The summed E-state index contributed by atoms with van der Waals surface area (Å²) in [6, 6.07) is 6.73. The lowest BCUT2D eigenvalue weighted by molar-refractivity contribution is 0.579. The Morgan fingerprint density at radius 2 is 1.52 bits per heavy atom. The molecule has 1 rings (SSSR count). The van der Waals surface area contributed by atoms with Gasteiger partial charge in [0, 0.05) is 6.21 Å². The Hall–Kier alpha value is -1.36. The lowest BCUT2D eigenvalue weighted by Crippen LogP contribution is -2.18. The van der Waals surface area contributed by atoms with Crippen molar-refractivity contribution in [3.63, 3.8) is 0 Å². The fourth-order valence-corrected chi connectivity index (χ4v) is 3.12. The van der Waals surface area contributed by atoms with E-state index in [4.69, 9.17) is 0 Å². The van der Waals surface area contributed by atoms with Gasteiger partial charge in [0.1, 0.15) is 0 Å². The Kier molecular flexibility index (Phi) is 9.60. The van der Waals surface area contributed by atoms with Crippen molar-refractivity contribution >= 4 is 16.2 Å². The van der Waals surface area contributed by atoms with Crippen LogP contribution in [0.5, 0.6) is 0 Å². The van der Waals surface area contributed by atoms with Gasteiger partial charge < -0.3 is 0 Å². The largest absolute Gasteiger partial charge is 0.276 e. The van der Waals surface area contributed by atoms with E-state index in [0.717, 1.165) is 18.4 Å². The van der Waals surface area contributed by atoms with Gasteiger partial charge in [0.25, 0.3) is 10.0 Å². The first-order valence-corrected chi connectivity index (χ1v) is 10.1. The zero-order valence-electron chi connectivity index (χ0n) is 14.4. The van der Waals surface area contributed by atoms with E-state index in [1.807, 2.05) is 6.92 Å². The number of nitrogens with one attached hydrogen (secondary N) is 1. The first-order valence-electron chi connectivity index (χ1n) is 8.66. The molecule has 1 N–H and O–H groups in total. The molecule has 0 aliphatic heterocycles. The van der Waals surface area contributed by atoms with Crippen LogP contribution in [0.15, 0.2) is 34.3 Å². The molecule has 0 bridgehead atoms. The van der Waals surface area contributed by atoms with E-state index >= 15 is 0 Å². The zero-order chi connectivity index (χ0) is 17.0. The summed E-state index contributed by atoms with van der Waals surface area (Å²) in [6.07, 6.45) is 12.6. The predicted molar refractivity (Wildman–Crippen MR) is 97.2 cm³/mol. The fraction of sp³-hybridized carbons (Fsp3) is 0.611. The Morgan fingerprint density at radius 3 is 2.13 bits per heavy atom. The molecule has 0 spiro atoms. The molecule has 0 fully saturated rings. The van der Waals surface area contributed by atoms with E-state index in [1.54, 1.807) is 30.5 Å². The van der Waals surface area contributed by atoms with Gasteiger partial charge in [0.2, 0.25) is 0 Å². The lowest BCUT2D eigenvalue weighted by Gasteiger charge is -2.03. The number of aryl methyl sites for hydroxylation is 1. The van der Waals surface area contributed by atoms with E-state index in [-0.39, 0.29) is 4.90 Å². The smallest absolute Gasteiger partial charge is 0.200 e. The highest BCUT2D eigenvalue weighted by Crippen LogP contribution is 2.10. The Bertz CT molecular complexity index is 551. The third-order valence-corrected chi connectivity index (χ3v) is 5.02. The number of nitrogens with zero attached hydrogens (tertiary/aromatic N) is 1. The number of hydrogen-bond acceptors (Lipinski definition) is 3. The molecule has 0 aliphatic rings. The van der Waals surface area contributed by atoms with Crippen LogP contribution in [0.4, 0.5) is 0 Å². The van der Waals surface area contributed by atoms with Crippen LogP contribution in [-0.4, -0.2) is 14.6 Å². The monoisotopic (exact) mass is 338 g/mol. The summed E-state index contributed by atoms with van der Waals surface area (Å²) in [7, 11) is -3.54. The van der Waals surface area contributed by atoms with Gasteiger partial charge in [-0.1, -0.05) is 69.6 Å². The lowest BCUT2D eigenvalue weighted by atomic mass is 10.1. The molecule has 0 heterocycles. The Labute approximate surface area is 141 Å². The predicted octanol–water partition coefficient (Wildman–Crippen LogP) is 4.79. The summed E-state index contributed by atoms with van der Waals surface area (Å²) in [6.45, 7) is 4.15. The molecule has 0 amide bonds. The second-order valence-corrected chi connectivity index (χ2v) is 7.64. The first-order chi connectivity index (χ1) is 11.1. The average Bonchev–Trinajstić information content (AvgIpc) is 2.53. The summed E-state index contributed by atoms with van der Waals surface area (Å²) < 4.78 is 24.0. The highest BCUT2D eigenvalue weighted by Gasteiger charge is 2.11. The minimum absolute atomic E-state index is 0.243. The van der Waals surface area contributed by atoms with Gasteiger partial charge in [-0.25, -0.2) is 4.83 Å². The number of unbranched alkanes of at least 4 members (excludes halogenated alkanes) is 8. The molecule has 4 nitrogen and oxygen atoms in total. The molecule has 1 aromatic rings. The van der Waals surface area contributed by atoms with Crippen LogP contribution in [0, 0.1) is 6.92 Å². The van der Waals surface area contributed by atoms with Crippen molar-refractivity contribution in [2.24, 2.45) is 5.10 Å². The normalized spacial score (nSPS) is 11.9. The van der Waals surface area contributed by atoms with Gasteiger partial charge in [-0.15, -0.1) is 0 Å². The molecule has 0 radical (unpaired) electrons. The van der Waals surface area contributed by atoms with E-state index in [1.165, 1.54) is 44.9 Å². The summed E-state index contributed by atoms with van der Waals surface area (Å²) >= 11 is 0. The molecular weight excluding hydrogens is 308 g/mol. The highest BCUT2D eigenvalue weighted by molar-refractivity contribution is 7.89. The SMILES string of the molecule is CCCCCCCCCC/C=N/NS(=O)(=O)c1ccc(C)cc1. The molecule has 0 unspecified atom stereocenters. The van der Waals surface area contributed by atoms with Gasteiger partial charge >= 0.3 is 0 Å². The van der Waals surface area contributed by atoms with Crippen molar-refractivity contribution in [1.29, 1.82) is 0 Å². The van der Waals surface area contributed by atoms with Crippen molar-refractivity contribution in [2.45, 2.75) is 76.5 Å². The zero-order valence-corrected chi connectivity index (χ0v) is 15.2. The van der Waals surface area contributed by atoms with Crippen LogP contribution in [0.25, 0.3) is 0 Å². The topological polar surface area (TPSA) is 58.5 Å². The number of benzene rings is 1.